The molecule has 1 N–H and O–H groups in total. The van der Waals surface area contributed by atoms with Crippen LogP contribution in [-0.4, -0.2) is 11.2 Å². The van der Waals surface area contributed by atoms with Gasteiger partial charge in [-0.15, -0.1) is 0 Å². The highest BCUT2D eigenvalue weighted by molar-refractivity contribution is 5.16. The van der Waals surface area contributed by atoms with E-state index in [1.54, 1.807) is 0 Å². The first-order chi connectivity index (χ1) is 7.33. The van der Waals surface area contributed by atoms with E-state index >= 15 is 0 Å². The Balaban J connectivity index is 2.30. The van der Waals surface area contributed by atoms with E-state index in [4.69, 9.17) is 0 Å². The molecule has 1 rings (SSSR count). The Morgan fingerprint density at radius 2 is 2.00 bits per heavy atom. The van der Waals surface area contributed by atoms with E-state index in [9.17, 15) is 5.11 Å². The molecule has 0 amide bonds. The Morgan fingerprint density at radius 1 is 1.27 bits per heavy atom. The van der Waals surface area contributed by atoms with Crippen molar-refractivity contribution in [2.45, 2.75) is 38.7 Å². The van der Waals surface area contributed by atoms with Crippen LogP contribution in [0.5, 0.6) is 0 Å². The topological polar surface area (TPSA) is 20.2 Å². The molecule has 0 aliphatic heterocycles. The third kappa shape index (κ3) is 5.38. The van der Waals surface area contributed by atoms with E-state index in [2.05, 4.69) is 13.0 Å². The van der Waals surface area contributed by atoms with Crippen LogP contribution in [0.4, 0.5) is 0 Å². The Hall–Kier alpha value is -1.08. The summed E-state index contributed by atoms with van der Waals surface area (Å²) < 4.78 is 0. The van der Waals surface area contributed by atoms with Gasteiger partial charge in [-0.05, 0) is 12.0 Å². The lowest BCUT2D eigenvalue weighted by Gasteiger charge is -2.05. The van der Waals surface area contributed by atoms with Crippen LogP contribution in [0.2, 0.25) is 0 Å². The van der Waals surface area contributed by atoms with Gasteiger partial charge in [-0.3, -0.25) is 0 Å². The molecule has 1 unspecified atom stereocenters. The van der Waals surface area contributed by atoms with E-state index in [-0.39, 0.29) is 6.10 Å². The van der Waals surface area contributed by atoms with Gasteiger partial charge in [0.05, 0.1) is 6.10 Å². The normalized spacial score (nSPS) is 13.2. The van der Waals surface area contributed by atoms with Crippen LogP contribution in [-0.2, 0) is 6.42 Å². The van der Waals surface area contributed by atoms with Crippen molar-refractivity contribution in [2.24, 2.45) is 0 Å². The van der Waals surface area contributed by atoms with Crippen molar-refractivity contribution in [3.63, 3.8) is 0 Å². The highest BCUT2D eigenvalue weighted by Gasteiger charge is 1.99. The van der Waals surface area contributed by atoms with Gasteiger partial charge in [-0.1, -0.05) is 62.2 Å². The summed E-state index contributed by atoms with van der Waals surface area (Å²) in [7, 11) is 0. The van der Waals surface area contributed by atoms with E-state index in [1.165, 1.54) is 18.4 Å². The molecule has 15 heavy (non-hydrogen) atoms. The third-order valence-corrected chi connectivity index (χ3v) is 2.37. The van der Waals surface area contributed by atoms with Crippen LogP contribution in [0, 0.1) is 0 Å². The predicted molar refractivity (Wildman–Crippen MR) is 64.8 cm³/mol. The molecule has 0 fully saturated rings. The summed E-state index contributed by atoms with van der Waals surface area (Å²) >= 11 is 0. The second-order valence-corrected chi connectivity index (χ2v) is 3.83. The van der Waals surface area contributed by atoms with Gasteiger partial charge < -0.3 is 5.11 Å². The minimum absolute atomic E-state index is 0.343. The second kappa shape index (κ2) is 7.24. The van der Waals surface area contributed by atoms with Crippen LogP contribution >= 0.6 is 0 Å². The van der Waals surface area contributed by atoms with Gasteiger partial charge in [-0.2, -0.15) is 0 Å². The number of allylic oxidation sites excluding steroid dienone is 1. The third-order valence-electron chi connectivity index (χ3n) is 2.37. The molecule has 1 aromatic carbocycles. The molecular weight excluding hydrogens is 184 g/mol. The van der Waals surface area contributed by atoms with Crippen LogP contribution in [0.1, 0.15) is 31.7 Å². The smallest absolute Gasteiger partial charge is 0.0761 e. The van der Waals surface area contributed by atoms with Gasteiger partial charge >= 0.3 is 0 Å². The summed E-state index contributed by atoms with van der Waals surface area (Å²) in [6.07, 6.45) is 7.84. The lowest BCUT2D eigenvalue weighted by molar-refractivity contribution is 0.223. The SMILES string of the molecule is CCCC/C=C/C(O)Cc1ccccc1. The molecular formula is C14H20O. The lowest BCUT2D eigenvalue weighted by atomic mass is 10.1. The first kappa shape index (κ1) is 12.0. The number of aliphatic hydroxyl groups excluding tert-OH is 1. The quantitative estimate of drug-likeness (QED) is 0.556. The summed E-state index contributed by atoms with van der Waals surface area (Å²) in [5.41, 5.74) is 1.19. The first-order valence-corrected chi connectivity index (χ1v) is 5.71. The summed E-state index contributed by atoms with van der Waals surface area (Å²) in [4.78, 5) is 0. The summed E-state index contributed by atoms with van der Waals surface area (Å²) in [5, 5.41) is 9.72. The van der Waals surface area contributed by atoms with Crippen LogP contribution < -0.4 is 0 Å². The van der Waals surface area contributed by atoms with Crippen molar-refractivity contribution in [3.05, 3.63) is 48.0 Å². The molecule has 0 spiro atoms. The average Bonchev–Trinajstić information content (AvgIpc) is 2.26. The van der Waals surface area contributed by atoms with Crippen molar-refractivity contribution < 1.29 is 5.11 Å². The number of benzene rings is 1. The summed E-state index contributed by atoms with van der Waals surface area (Å²) in [6, 6.07) is 10.1. The van der Waals surface area contributed by atoms with Crippen molar-refractivity contribution in [1.29, 1.82) is 0 Å². The molecule has 0 saturated heterocycles. The van der Waals surface area contributed by atoms with Crippen molar-refractivity contribution in [1.82, 2.24) is 0 Å². The van der Waals surface area contributed by atoms with Gasteiger partial charge in [0.15, 0.2) is 0 Å². The molecule has 1 heteroatoms. The highest BCUT2D eigenvalue weighted by atomic mass is 16.3. The van der Waals surface area contributed by atoms with Crippen molar-refractivity contribution in [2.75, 3.05) is 0 Å². The maximum Gasteiger partial charge on any atom is 0.0761 e. The number of unbranched alkanes of at least 4 members (excludes halogenated alkanes) is 2. The monoisotopic (exact) mass is 204 g/mol. The average molecular weight is 204 g/mol. The molecule has 82 valence electrons. The molecule has 0 aliphatic carbocycles. The maximum absolute atomic E-state index is 9.72. The number of hydrogen-bond acceptors (Lipinski definition) is 1. The second-order valence-electron chi connectivity index (χ2n) is 3.83. The molecule has 0 aliphatic rings. The van der Waals surface area contributed by atoms with Gasteiger partial charge in [0.1, 0.15) is 0 Å². The summed E-state index contributed by atoms with van der Waals surface area (Å²) in [6.45, 7) is 2.17. The standard InChI is InChI=1S/C14H20O/c1-2-3-4-8-11-14(15)12-13-9-6-5-7-10-13/h5-11,14-15H,2-4,12H2,1H3/b11-8+. The Kier molecular flexibility index (Phi) is 5.79. The van der Waals surface area contributed by atoms with E-state index in [1.807, 2.05) is 36.4 Å². The number of rotatable bonds is 6. The minimum Gasteiger partial charge on any atom is -0.389 e. The van der Waals surface area contributed by atoms with Gasteiger partial charge in [0.25, 0.3) is 0 Å². The molecule has 0 saturated carbocycles. The van der Waals surface area contributed by atoms with Gasteiger partial charge in [-0.25, -0.2) is 0 Å². The molecule has 0 bridgehead atoms. The predicted octanol–water partition coefficient (Wildman–Crippen LogP) is 3.34. The Labute approximate surface area is 92.5 Å². The zero-order valence-electron chi connectivity index (χ0n) is 9.39. The first-order valence-electron chi connectivity index (χ1n) is 5.71. The molecule has 1 nitrogen and oxygen atoms in total. The number of hydrogen-bond donors (Lipinski definition) is 1. The largest absolute Gasteiger partial charge is 0.389 e. The zero-order valence-corrected chi connectivity index (χ0v) is 9.39. The Morgan fingerprint density at radius 3 is 2.67 bits per heavy atom. The van der Waals surface area contributed by atoms with Gasteiger partial charge in [0, 0.05) is 6.42 Å². The minimum atomic E-state index is -0.343. The lowest BCUT2D eigenvalue weighted by Crippen LogP contribution is -2.06. The van der Waals surface area contributed by atoms with E-state index < -0.39 is 0 Å². The fourth-order valence-corrected chi connectivity index (χ4v) is 1.50. The molecule has 1 aromatic rings. The maximum atomic E-state index is 9.72. The molecule has 0 radical (unpaired) electrons. The van der Waals surface area contributed by atoms with Crippen molar-refractivity contribution >= 4 is 0 Å². The number of aliphatic hydroxyl groups is 1. The fourth-order valence-electron chi connectivity index (χ4n) is 1.50. The van der Waals surface area contributed by atoms with Crippen LogP contribution in [0.25, 0.3) is 0 Å². The van der Waals surface area contributed by atoms with Crippen LogP contribution in [0.15, 0.2) is 42.5 Å². The van der Waals surface area contributed by atoms with E-state index in [0.717, 1.165) is 6.42 Å². The van der Waals surface area contributed by atoms with Gasteiger partial charge in [0.2, 0.25) is 0 Å². The van der Waals surface area contributed by atoms with Crippen molar-refractivity contribution in [3.8, 4) is 0 Å². The molecule has 1 atom stereocenters. The highest BCUT2D eigenvalue weighted by Crippen LogP contribution is 2.04. The Bertz CT molecular complexity index is 277. The zero-order chi connectivity index (χ0) is 10.9. The summed E-state index contributed by atoms with van der Waals surface area (Å²) in [5.74, 6) is 0. The van der Waals surface area contributed by atoms with E-state index in [0.29, 0.717) is 6.42 Å². The molecule has 0 heterocycles. The molecule has 0 aromatic heterocycles. The fraction of sp³-hybridized carbons (Fsp3) is 0.429. The van der Waals surface area contributed by atoms with Crippen LogP contribution in [0.3, 0.4) is 0 Å².